The number of aromatic nitrogens is 1. The number of rotatable bonds is 4. The molecule has 1 aliphatic rings. The Hall–Kier alpha value is -2.66. The molecule has 0 aliphatic carbocycles. The van der Waals surface area contributed by atoms with Crippen molar-refractivity contribution < 1.29 is 9.53 Å². The van der Waals surface area contributed by atoms with E-state index in [1.165, 1.54) is 5.56 Å². The number of aryl methyl sites for hydroxylation is 2. The first-order valence-electron chi connectivity index (χ1n) is 8.72. The van der Waals surface area contributed by atoms with Crippen molar-refractivity contribution >= 4 is 22.9 Å². The van der Waals surface area contributed by atoms with E-state index in [1.807, 2.05) is 34.5 Å². The number of fused-ring (bicyclic) bond motifs is 1. The van der Waals surface area contributed by atoms with Gasteiger partial charge in [-0.05, 0) is 49.1 Å². The van der Waals surface area contributed by atoms with Crippen LogP contribution in [0.2, 0.25) is 0 Å². The molecular formula is C21H20N2O2S. The maximum atomic E-state index is 13.2. The SMILES string of the molecule is Cc1cccc2c1N(C(=O)c1cccc(OCc3cscn3)c1)CCC2. The lowest BCUT2D eigenvalue weighted by atomic mass is 9.97. The molecular weight excluding hydrogens is 344 g/mol. The Kier molecular flexibility index (Phi) is 4.71. The van der Waals surface area contributed by atoms with E-state index >= 15 is 0 Å². The molecule has 1 aromatic heterocycles. The minimum absolute atomic E-state index is 0.0272. The lowest BCUT2D eigenvalue weighted by molar-refractivity contribution is 0.0984. The van der Waals surface area contributed by atoms with E-state index in [1.54, 1.807) is 16.8 Å². The van der Waals surface area contributed by atoms with E-state index in [0.717, 1.165) is 36.3 Å². The average Bonchev–Trinajstić information content (AvgIpc) is 3.19. The van der Waals surface area contributed by atoms with Crippen molar-refractivity contribution in [2.45, 2.75) is 26.4 Å². The first-order chi connectivity index (χ1) is 12.7. The predicted molar refractivity (Wildman–Crippen MR) is 104 cm³/mol. The Bertz CT molecular complexity index is 922. The molecule has 3 aromatic rings. The molecule has 1 aliphatic heterocycles. The van der Waals surface area contributed by atoms with Crippen molar-refractivity contribution in [3.8, 4) is 5.75 Å². The number of benzene rings is 2. The highest BCUT2D eigenvalue weighted by molar-refractivity contribution is 7.07. The van der Waals surface area contributed by atoms with Gasteiger partial charge < -0.3 is 9.64 Å². The highest BCUT2D eigenvalue weighted by Gasteiger charge is 2.25. The number of anilines is 1. The summed E-state index contributed by atoms with van der Waals surface area (Å²) in [6.07, 6.45) is 2.01. The van der Waals surface area contributed by atoms with Crippen LogP contribution in [0.5, 0.6) is 5.75 Å². The van der Waals surface area contributed by atoms with Gasteiger partial charge in [-0.2, -0.15) is 0 Å². The van der Waals surface area contributed by atoms with Crippen LogP contribution in [-0.4, -0.2) is 17.4 Å². The van der Waals surface area contributed by atoms with Crippen LogP contribution >= 0.6 is 11.3 Å². The van der Waals surface area contributed by atoms with E-state index in [2.05, 4.69) is 30.1 Å². The molecule has 0 bridgehead atoms. The Morgan fingerprint density at radius 3 is 3.00 bits per heavy atom. The van der Waals surface area contributed by atoms with Crippen LogP contribution < -0.4 is 9.64 Å². The summed E-state index contributed by atoms with van der Waals surface area (Å²) in [6.45, 7) is 3.23. The van der Waals surface area contributed by atoms with Crippen molar-refractivity contribution in [2.75, 3.05) is 11.4 Å². The van der Waals surface area contributed by atoms with E-state index < -0.39 is 0 Å². The minimum atomic E-state index is 0.0272. The van der Waals surface area contributed by atoms with Crippen molar-refractivity contribution in [1.29, 1.82) is 0 Å². The number of nitrogens with zero attached hydrogens (tertiary/aromatic N) is 2. The van der Waals surface area contributed by atoms with E-state index in [0.29, 0.717) is 17.9 Å². The molecule has 0 spiro atoms. The van der Waals surface area contributed by atoms with Crippen LogP contribution in [0.25, 0.3) is 0 Å². The van der Waals surface area contributed by atoms with E-state index in [4.69, 9.17) is 4.74 Å². The smallest absolute Gasteiger partial charge is 0.258 e. The fourth-order valence-corrected chi connectivity index (χ4v) is 3.93. The summed E-state index contributed by atoms with van der Waals surface area (Å²) in [5.74, 6) is 0.713. The first kappa shape index (κ1) is 16.8. The van der Waals surface area contributed by atoms with Crippen LogP contribution in [0.4, 0.5) is 5.69 Å². The first-order valence-corrected chi connectivity index (χ1v) is 9.67. The molecule has 2 aromatic carbocycles. The number of ether oxygens (including phenoxy) is 1. The average molecular weight is 364 g/mol. The zero-order valence-corrected chi connectivity index (χ0v) is 15.5. The third-order valence-electron chi connectivity index (χ3n) is 4.62. The number of carbonyl (C=O) groups is 1. The summed E-state index contributed by atoms with van der Waals surface area (Å²) in [7, 11) is 0. The number of carbonyl (C=O) groups excluding carboxylic acids is 1. The standard InChI is InChI=1S/C21H20N2O2S/c1-15-5-2-6-16-8-4-10-23(20(15)16)21(24)17-7-3-9-19(11-17)25-12-18-13-26-14-22-18/h2-3,5-7,9,11,13-14H,4,8,10,12H2,1H3. The highest BCUT2D eigenvalue weighted by Crippen LogP contribution is 2.32. The fraction of sp³-hybridized carbons (Fsp3) is 0.238. The fourth-order valence-electron chi connectivity index (χ4n) is 3.39. The van der Waals surface area contributed by atoms with Gasteiger partial charge in [0.05, 0.1) is 16.9 Å². The van der Waals surface area contributed by atoms with Gasteiger partial charge in [0.25, 0.3) is 5.91 Å². The van der Waals surface area contributed by atoms with Gasteiger partial charge in [0.2, 0.25) is 0 Å². The second-order valence-electron chi connectivity index (χ2n) is 6.44. The summed E-state index contributed by atoms with van der Waals surface area (Å²) in [5.41, 5.74) is 6.79. The maximum absolute atomic E-state index is 13.2. The molecule has 5 heteroatoms. The number of thiazole rings is 1. The van der Waals surface area contributed by atoms with Crippen molar-refractivity contribution in [2.24, 2.45) is 0 Å². The summed E-state index contributed by atoms with van der Waals surface area (Å²) in [4.78, 5) is 19.3. The third kappa shape index (κ3) is 3.35. The van der Waals surface area contributed by atoms with E-state index in [-0.39, 0.29) is 5.91 Å². The van der Waals surface area contributed by atoms with Gasteiger partial charge in [0.1, 0.15) is 12.4 Å². The molecule has 132 valence electrons. The molecule has 2 heterocycles. The van der Waals surface area contributed by atoms with Crippen molar-refractivity contribution in [3.63, 3.8) is 0 Å². The molecule has 0 radical (unpaired) electrons. The lowest BCUT2D eigenvalue weighted by Gasteiger charge is -2.31. The molecule has 0 saturated heterocycles. The molecule has 0 N–H and O–H groups in total. The quantitative estimate of drug-likeness (QED) is 0.678. The molecule has 0 saturated carbocycles. The molecule has 0 unspecified atom stereocenters. The van der Waals surface area contributed by atoms with Gasteiger partial charge in [0, 0.05) is 17.5 Å². The van der Waals surface area contributed by atoms with Crippen LogP contribution in [0.15, 0.2) is 53.4 Å². The van der Waals surface area contributed by atoms with E-state index in [9.17, 15) is 4.79 Å². The Balaban J connectivity index is 1.57. The van der Waals surface area contributed by atoms with Gasteiger partial charge in [-0.25, -0.2) is 4.98 Å². The third-order valence-corrected chi connectivity index (χ3v) is 5.25. The normalized spacial score (nSPS) is 13.3. The molecule has 26 heavy (non-hydrogen) atoms. The molecule has 1 amide bonds. The van der Waals surface area contributed by atoms with Crippen LogP contribution in [0.1, 0.15) is 33.6 Å². The van der Waals surface area contributed by atoms with Crippen LogP contribution in [0, 0.1) is 6.92 Å². The molecule has 0 fully saturated rings. The zero-order valence-electron chi connectivity index (χ0n) is 14.6. The Morgan fingerprint density at radius 2 is 2.15 bits per heavy atom. The molecule has 4 rings (SSSR count). The van der Waals surface area contributed by atoms with Crippen LogP contribution in [0.3, 0.4) is 0 Å². The van der Waals surface area contributed by atoms with Crippen molar-refractivity contribution in [3.05, 3.63) is 75.7 Å². The number of amides is 1. The lowest BCUT2D eigenvalue weighted by Crippen LogP contribution is -2.36. The number of hydrogen-bond donors (Lipinski definition) is 0. The van der Waals surface area contributed by atoms with Gasteiger partial charge in [-0.1, -0.05) is 24.3 Å². The minimum Gasteiger partial charge on any atom is -0.487 e. The topological polar surface area (TPSA) is 42.4 Å². The summed E-state index contributed by atoms with van der Waals surface area (Å²) in [5, 5.41) is 1.96. The zero-order chi connectivity index (χ0) is 17.9. The van der Waals surface area contributed by atoms with Crippen molar-refractivity contribution in [1.82, 2.24) is 4.98 Å². The second kappa shape index (κ2) is 7.30. The van der Waals surface area contributed by atoms with Gasteiger partial charge >= 0.3 is 0 Å². The Morgan fingerprint density at radius 1 is 1.27 bits per heavy atom. The van der Waals surface area contributed by atoms with Crippen LogP contribution in [-0.2, 0) is 13.0 Å². The highest BCUT2D eigenvalue weighted by atomic mass is 32.1. The second-order valence-corrected chi connectivity index (χ2v) is 7.16. The predicted octanol–water partition coefficient (Wildman–Crippen LogP) is 4.62. The Labute approximate surface area is 157 Å². The molecule has 4 nitrogen and oxygen atoms in total. The van der Waals surface area contributed by atoms with Gasteiger partial charge in [-0.3, -0.25) is 4.79 Å². The number of para-hydroxylation sites is 1. The summed E-state index contributed by atoms with van der Waals surface area (Å²) in [6, 6.07) is 13.7. The summed E-state index contributed by atoms with van der Waals surface area (Å²) < 4.78 is 5.80. The maximum Gasteiger partial charge on any atom is 0.258 e. The largest absolute Gasteiger partial charge is 0.487 e. The van der Waals surface area contributed by atoms with Gasteiger partial charge in [-0.15, -0.1) is 11.3 Å². The number of hydrogen-bond acceptors (Lipinski definition) is 4. The monoisotopic (exact) mass is 364 g/mol. The summed E-state index contributed by atoms with van der Waals surface area (Å²) >= 11 is 1.54. The van der Waals surface area contributed by atoms with Gasteiger partial charge in [0.15, 0.2) is 0 Å². The molecule has 0 atom stereocenters.